The summed E-state index contributed by atoms with van der Waals surface area (Å²) < 4.78 is 37.4. The van der Waals surface area contributed by atoms with Crippen LogP contribution < -0.4 is 9.62 Å². The molecule has 0 aliphatic carbocycles. The van der Waals surface area contributed by atoms with Gasteiger partial charge in [0.15, 0.2) is 0 Å². The van der Waals surface area contributed by atoms with Crippen LogP contribution in [-0.2, 0) is 24.3 Å². The fourth-order valence-electron chi connectivity index (χ4n) is 3.32. The lowest BCUT2D eigenvalue weighted by molar-refractivity contribution is -0.114. The molecule has 9 nitrogen and oxygen atoms in total. The number of aryl methyl sites for hydroxylation is 1. The second-order valence-corrected chi connectivity index (χ2v) is 10.4. The molecular weight excluding hydrogens is 543 g/mol. The van der Waals surface area contributed by atoms with Gasteiger partial charge in [0.1, 0.15) is 6.54 Å². The van der Waals surface area contributed by atoms with Gasteiger partial charge < -0.3 is 14.8 Å². The second kappa shape index (κ2) is 11.6. The molecule has 0 bridgehead atoms. The van der Waals surface area contributed by atoms with Gasteiger partial charge in [-0.15, -0.1) is 0 Å². The Kier molecular flexibility index (Phi) is 8.80. The van der Waals surface area contributed by atoms with Gasteiger partial charge in [0, 0.05) is 5.69 Å². The maximum atomic E-state index is 13.6. The van der Waals surface area contributed by atoms with Gasteiger partial charge >= 0.3 is 11.9 Å². The molecule has 0 aromatic heterocycles. The van der Waals surface area contributed by atoms with Crippen molar-refractivity contribution in [2.75, 3.05) is 30.4 Å². The molecule has 0 aliphatic rings. The molecule has 3 aromatic rings. The van der Waals surface area contributed by atoms with Crippen LogP contribution in [0.1, 0.15) is 26.3 Å². The first-order valence-corrected chi connectivity index (χ1v) is 12.8. The first-order chi connectivity index (χ1) is 17.5. The number of sulfonamides is 1. The molecule has 37 heavy (non-hydrogen) atoms. The predicted molar refractivity (Wildman–Crippen MR) is 140 cm³/mol. The smallest absolute Gasteiger partial charge is 0.337 e. The molecule has 0 radical (unpaired) electrons. The molecule has 0 saturated carbocycles. The van der Waals surface area contributed by atoms with E-state index in [0.717, 1.165) is 24.1 Å². The van der Waals surface area contributed by atoms with E-state index in [0.29, 0.717) is 0 Å². The van der Waals surface area contributed by atoms with Crippen LogP contribution in [0.15, 0.2) is 65.6 Å². The highest BCUT2D eigenvalue weighted by Crippen LogP contribution is 2.35. The highest BCUT2D eigenvalue weighted by Gasteiger charge is 2.29. The van der Waals surface area contributed by atoms with Crippen molar-refractivity contribution in [1.82, 2.24) is 0 Å². The van der Waals surface area contributed by atoms with Crippen LogP contribution >= 0.6 is 23.2 Å². The third-order valence-electron chi connectivity index (χ3n) is 5.16. The van der Waals surface area contributed by atoms with Crippen LogP contribution in [0.5, 0.6) is 0 Å². The summed E-state index contributed by atoms with van der Waals surface area (Å²) in [6.07, 6.45) is 0. The summed E-state index contributed by atoms with van der Waals surface area (Å²) in [6, 6.07) is 14.3. The number of nitrogens with zero attached hydrogens (tertiary/aromatic N) is 1. The number of hydrogen-bond donors (Lipinski definition) is 1. The molecule has 0 atom stereocenters. The Labute approximate surface area is 223 Å². The molecule has 12 heteroatoms. The summed E-state index contributed by atoms with van der Waals surface area (Å²) >= 11 is 12.4. The topological polar surface area (TPSA) is 119 Å². The zero-order chi connectivity index (χ0) is 27.3. The van der Waals surface area contributed by atoms with E-state index in [2.05, 4.69) is 5.32 Å². The van der Waals surface area contributed by atoms with E-state index in [1.807, 2.05) is 0 Å². The Morgan fingerprint density at radius 3 is 2.00 bits per heavy atom. The van der Waals surface area contributed by atoms with E-state index in [1.165, 1.54) is 48.5 Å². The first-order valence-electron chi connectivity index (χ1n) is 10.6. The number of esters is 2. The molecule has 1 N–H and O–H groups in total. The minimum atomic E-state index is -4.27. The predicted octanol–water partition coefficient (Wildman–Crippen LogP) is 4.71. The van der Waals surface area contributed by atoms with E-state index in [9.17, 15) is 22.8 Å². The maximum Gasteiger partial charge on any atom is 0.337 e. The van der Waals surface area contributed by atoms with Gasteiger partial charge in [-0.2, -0.15) is 0 Å². The maximum absolute atomic E-state index is 13.6. The lowest BCUT2D eigenvalue weighted by atomic mass is 10.1. The van der Waals surface area contributed by atoms with Crippen molar-refractivity contribution in [2.45, 2.75) is 11.8 Å². The van der Waals surface area contributed by atoms with Crippen LogP contribution in [0.25, 0.3) is 0 Å². The Balaban J connectivity index is 2.02. The van der Waals surface area contributed by atoms with Crippen molar-refractivity contribution < 1.29 is 32.3 Å². The van der Waals surface area contributed by atoms with Crippen molar-refractivity contribution in [2.24, 2.45) is 0 Å². The number of rotatable bonds is 8. The molecule has 0 aliphatic heterocycles. The highest BCUT2D eigenvalue weighted by molar-refractivity contribution is 7.92. The Morgan fingerprint density at radius 1 is 0.892 bits per heavy atom. The molecule has 0 heterocycles. The number of amides is 1. The molecule has 3 aromatic carbocycles. The summed E-state index contributed by atoms with van der Waals surface area (Å²) in [4.78, 5) is 37.1. The van der Waals surface area contributed by atoms with E-state index in [1.54, 1.807) is 19.1 Å². The largest absolute Gasteiger partial charge is 0.465 e. The number of halogens is 2. The zero-order valence-electron chi connectivity index (χ0n) is 19.9. The molecule has 3 rings (SSSR count). The summed E-state index contributed by atoms with van der Waals surface area (Å²) in [6.45, 7) is 1.10. The van der Waals surface area contributed by atoms with Crippen LogP contribution in [0.2, 0.25) is 10.0 Å². The normalized spacial score (nSPS) is 10.9. The molecule has 0 unspecified atom stereocenters. The van der Waals surface area contributed by atoms with E-state index < -0.39 is 34.4 Å². The SMILES string of the molecule is COC(=O)c1cc(NC(=O)CN(c2cccc(Cl)c2Cl)S(=O)(=O)c2ccc(C)cc2)cc(C(=O)OC)c1. The lowest BCUT2D eigenvalue weighted by Gasteiger charge is -2.25. The minimum absolute atomic E-state index is 0.0107. The van der Waals surface area contributed by atoms with Gasteiger partial charge in [0.25, 0.3) is 10.0 Å². The molecule has 1 amide bonds. The van der Waals surface area contributed by atoms with Gasteiger partial charge in [-0.3, -0.25) is 9.10 Å². The number of benzene rings is 3. The second-order valence-electron chi connectivity index (χ2n) is 7.73. The number of ether oxygens (including phenoxy) is 2. The van der Waals surface area contributed by atoms with Gasteiger partial charge in [-0.25, -0.2) is 18.0 Å². The Morgan fingerprint density at radius 2 is 1.46 bits per heavy atom. The van der Waals surface area contributed by atoms with Crippen molar-refractivity contribution in [1.29, 1.82) is 0 Å². The average Bonchev–Trinajstić information content (AvgIpc) is 2.88. The summed E-state index contributed by atoms with van der Waals surface area (Å²) in [5.74, 6) is -2.30. The van der Waals surface area contributed by atoms with Crippen molar-refractivity contribution in [3.05, 3.63) is 87.4 Å². The van der Waals surface area contributed by atoms with Crippen LogP contribution in [0.3, 0.4) is 0 Å². The van der Waals surface area contributed by atoms with E-state index in [4.69, 9.17) is 32.7 Å². The van der Waals surface area contributed by atoms with Crippen LogP contribution in [0.4, 0.5) is 11.4 Å². The first kappa shape index (κ1) is 28.0. The number of anilines is 2. The van der Waals surface area contributed by atoms with Crippen molar-refractivity contribution in [3.8, 4) is 0 Å². The van der Waals surface area contributed by atoms with Crippen molar-refractivity contribution >= 4 is 62.4 Å². The zero-order valence-corrected chi connectivity index (χ0v) is 22.3. The van der Waals surface area contributed by atoms with Crippen LogP contribution in [0, 0.1) is 6.92 Å². The summed E-state index contributed by atoms with van der Waals surface area (Å²) in [5.41, 5.74) is 0.822. The van der Waals surface area contributed by atoms with Gasteiger partial charge in [-0.05, 0) is 49.4 Å². The third kappa shape index (κ3) is 6.40. The summed E-state index contributed by atoms with van der Waals surface area (Å²) in [7, 11) is -1.95. The number of carbonyl (C=O) groups is 3. The molecular formula is C25H22Cl2N2O7S. The average molecular weight is 565 g/mol. The fraction of sp³-hybridized carbons (Fsp3) is 0.160. The Bertz CT molecular complexity index is 1420. The Hall–Kier alpha value is -3.60. The van der Waals surface area contributed by atoms with Gasteiger partial charge in [0.2, 0.25) is 5.91 Å². The lowest BCUT2D eigenvalue weighted by Crippen LogP contribution is -2.38. The van der Waals surface area contributed by atoms with Gasteiger partial charge in [-0.1, -0.05) is 47.0 Å². The molecule has 194 valence electrons. The highest BCUT2D eigenvalue weighted by atomic mass is 35.5. The number of methoxy groups -OCH3 is 2. The number of carbonyl (C=O) groups excluding carboxylic acids is 3. The number of hydrogen-bond acceptors (Lipinski definition) is 7. The van der Waals surface area contributed by atoms with Crippen molar-refractivity contribution in [3.63, 3.8) is 0 Å². The van der Waals surface area contributed by atoms with Gasteiger partial charge in [0.05, 0.1) is 46.0 Å². The molecule has 0 fully saturated rings. The molecule has 0 saturated heterocycles. The standard InChI is InChI=1S/C25H22Cl2N2O7S/c1-15-7-9-19(10-8-15)37(33,34)29(21-6-4-5-20(26)23(21)27)14-22(30)28-18-12-16(24(31)35-2)11-17(13-18)25(32)36-3/h4-13H,14H2,1-3H3,(H,28,30). The minimum Gasteiger partial charge on any atom is -0.465 e. The third-order valence-corrected chi connectivity index (χ3v) is 7.74. The fourth-order valence-corrected chi connectivity index (χ4v) is 5.20. The van der Waals surface area contributed by atoms with Crippen LogP contribution in [-0.4, -0.2) is 47.0 Å². The quantitative estimate of drug-likeness (QED) is 0.393. The monoisotopic (exact) mass is 564 g/mol. The number of nitrogens with one attached hydrogen (secondary N) is 1. The van der Waals surface area contributed by atoms with E-state index in [-0.39, 0.29) is 37.4 Å². The van der Waals surface area contributed by atoms with E-state index >= 15 is 0 Å². The summed E-state index contributed by atoms with van der Waals surface area (Å²) in [5, 5.41) is 2.54. The molecule has 0 spiro atoms.